The first-order valence-electron chi connectivity index (χ1n) is 7.00. The summed E-state index contributed by atoms with van der Waals surface area (Å²) in [5.74, 6) is 0.455. The SMILES string of the molecule is CC1CCCC(N)(C(=O)Nc2ccc3ncsc3c2)C1. The van der Waals surface area contributed by atoms with Crippen molar-refractivity contribution in [2.45, 2.75) is 38.1 Å². The van der Waals surface area contributed by atoms with Gasteiger partial charge in [0.1, 0.15) is 0 Å². The zero-order valence-electron chi connectivity index (χ0n) is 11.6. The Morgan fingerprint density at radius 2 is 2.40 bits per heavy atom. The molecule has 106 valence electrons. The summed E-state index contributed by atoms with van der Waals surface area (Å²) in [6.07, 6.45) is 3.73. The Kier molecular flexibility index (Phi) is 3.48. The van der Waals surface area contributed by atoms with Crippen LogP contribution < -0.4 is 11.1 Å². The molecule has 0 spiro atoms. The van der Waals surface area contributed by atoms with Crippen LogP contribution in [0.4, 0.5) is 5.69 Å². The van der Waals surface area contributed by atoms with Gasteiger partial charge in [0.2, 0.25) is 5.91 Å². The molecule has 20 heavy (non-hydrogen) atoms. The minimum atomic E-state index is -0.722. The molecule has 0 bridgehead atoms. The van der Waals surface area contributed by atoms with E-state index in [-0.39, 0.29) is 5.91 Å². The number of benzene rings is 1. The van der Waals surface area contributed by atoms with Crippen LogP contribution in [0.5, 0.6) is 0 Å². The van der Waals surface area contributed by atoms with Gasteiger partial charge >= 0.3 is 0 Å². The van der Waals surface area contributed by atoms with Gasteiger partial charge in [-0.3, -0.25) is 4.79 Å². The van der Waals surface area contributed by atoms with Crippen molar-refractivity contribution < 1.29 is 4.79 Å². The summed E-state index contributed by atoms with van der Waals surface area (Å²) in [7, 11) is 0. The van der Waals surface area contributed by atoms with Crippen LogP contribution >= 0.6 is 11.3 Å². The number of carbonyl (C=O) groups excluding carboxylic acids is 1. The number of nitrogens with two attached hydrogens (primary N) is 1. The molecule has 1 aromatic carbocycles. The zero-order chi connectivity index (χ0) is 14.2. The lowest BCUT2D eigenvalue weighted by atomic mass is 9.76. The Morgan fingerprint density at radius 1 is 1.55 bits per heavy atom. The topological polar surface area (TPSA) is 68.0 Å². The zero-order valence-corrected chi connectivity index (χ0v) is 12.4. The average Bonchev–Trinajstić information content (AvgIpc) is 2.85. The lowest BCUT2D eigenvalue weighted by molar-refractivity contribution is -0.122. The molecule has 1 fully saturated rings. The molecule has 0 aliphatic heterocycles. The van der Waals surface area contributed by atoms with E-state index in [0.717, 1.165) is 35.2 Å². The standard InChI is InChI=1S/C15H19N3OS/c1-10-3-2-6-15(16,8-10)14(19)18-11-4-5-12-13(7-11)20-9-17-12/h4-5,7,9-10H,2-3,6,8,16H2,1H3,(H,18,19). The molecule has 3 rings (SSSR count). The van der Waals surface area contributed by atoms with Gasteiger partial charge in [0.05, 0.1) is 21.3 Å². The minimum absolute atomic E-state index is 0.0621. The molecule has 1 heterocycles. The largest absolute Gasteiger partial charge is 0.324 e. The number of anilines is 1. The number of thiazole rings is 1. The van der Waals surface area contributed by atoms with E-state index >= 15 is 0 Å². The van der Waals surface area contributed by atoms with Gasteiger partial charge in [-0.2, -0.15) is 0 Å². The molecule has 0 saturated heterocycles. The molecule has 1 aromatic heterocycles. The van der Waals surface area contributed by atoms with Crippen molar-refractivity contribution >= 4 is 33.1 Å². The van der Waals surface area contributed by atoms with Crippen molar-refractivity contribution in [3.8, 4) is 0 Å². The number of aromatic nitrogens is 1. The van der Waals surface area contributed by atoms with E-state index in [0.29, 0.717) is 5.92 Å². The number of nitrogens with one attached hydrogen (secondary N) is 1. The van der Waals surface area contributed by atoms with Crippen LogP contribution in [0.1, 0.15) is 32.6 Å². The van der Waals surface area contributed by atoms with Crippen molar-refractivity contribution in [3.63, 3.8) is 0 Å². The Hall–Kier alpha value is -1.46. The lowest BCUT2D eigenvalue weighted by Gasteiger charge is -2.35. The molecule has 5 heteroatoms. The number of fused-ring (bicyclic) bond motifs is 1. The smallest absolute Gasteiger partial charge is 0.244 e. The molecule has 1 aliphatic rings. The molecule has 2 atom stereocenters. The second kappa shape index (κ2) is 5.14. The fraction of sp³-hybridized carbons (Fsp3) is 0.467. The quantitative estimate of drug-likeness (QED) is 0.892. The van der Waals surface area contributed by atoms with Crippen molar-refractivity contribution in [1.82, 2.24) is 4.98 Å². The van der Waals surface area contributed by atoms with Crippen molar-refractivity contribution in [1.29, 1.82) is 0 Å². The number of amides is 1. The lowest BCUT2D eigenvalue weighted by Crippen LogP contribution is -2.53. The first kappa shape index (κ1) is 13.5. The fourth-order valence-electron chi connectivity index (χ4n) is 2.99. The van der Waals surface area contributed by atoms with Crippen molar-refractivity contribution in [3.05, 3.63) is 23.7 Å². The van der Waals surface area contributed by atoms with Gasteiger partial charge in [0.15, 0.2) is 0 Å². The van der Waals surface area contributed by atoms with Gasteiger partial charge in [-0.05, 0) is 37.0 Å². The summed E-state index contributed by atoms with van der Waals surface area (Å²) in [5, 5.41) is 2.97. The molecule has 2 unspecified atom stereocenters. The highest BCUT2D eigenvalue weighted by Gasteiger charge is 2.37. The Morgan fingerprint density at radius 3 is 3.20 bits per heavy atom. The number of hydrogen-bond donors (Lipinski definition) is 2. The monoisotopic (exact) mass is 289 g/mol. The molecule has 1 amide bonds. The maximum absolute atomic E-state index is 12.5. The number of nitrogens with zero attached hydrogens (tertiary/aromatic N) is 1. The Balaban J connectivity index is 1.77. The molecular formula is C15H19N3OS. The molecule has 3 N–H and O–H groups in total. The van der Waals surface area contributed by atoms with E-state index in [1.54, 1.807) is 11.3 Å². The molecule has 1 aliphatic carbocycles. The second-order valence-corrected chi connectivity index (χ2v) is 6.73. The van der Waals surface area contributed by atoms with Crippen LogP contribution in [0, 0.1) is 5.92 Å². The van der Waals surface area contributed by atoms with Gasteiger partial charge in [-0.15, -0.1) is 11.3 Å². The van der Waals surface area contributed by atoms with Gasteiger partial charge in [0, 0.05) is 5.69 Å². The first-order valence-corrected chi connectivity index (χ1v) is 7.88. The van der Waals surface area contributed by atoms with Gasteiger partial charge in [-0.1, -0.05) is 19.8 Å². The van der Waals surface area contributed by atoms with Crippen LogP contribution in [0.15, 0.2) is 23.7 Å². The molecule has 1 saturated carbocycles. The summed E-state index contributed by atoms with van der Waals surface area (Å²) in [4.78, 5) is 16.7. The van der Waals surface area contributed by atoms with E-state index < -0.39 is 5.54 Å². The third kappa shape index (κ3) is 2.55. The second-order valence-electron chi connectivity index (χ2n) is 5.85. The summed E-state index contributed by atoms with van der Waals surface area (Å²) in [5.41, 5.74) is 9.16. The van der Waals surface area contributed by atoms with E-state index in [1.807, 2.05) is 23.7 Å². The fourth-order valence-corrected chi connectivity index (χ4v) is 3.70. The highest BCUT2D eigenvalue weighted by molar-refractivity contribution is 7.16. The predicted octanol–water partition coefficient (Wildman–Crippen LogP) is 3.14. The van der Waals surface area contributed by atoms with Crippen LogP contribution in [0.3, 0.4) is 0 Å². The van der Waals surface area contributed by atoms with Crippen molar-refractivity contribution in [2.24, 2.45) is 11.7 Å². The predicted molar refractivity (Wildman–Crippen MR) is 82.8 cm³/mol. The van der Waals surface area contributed by atoms with E-state index in [2.05, 4.69) is 17.2 Å². The Labute approximate surface area is 122 Å². The van der Waals surface area contributed by atoms with Crippen molar-refractivity contribution in [2.75, 3.05) is 5.32 Å². The molecule has 2 aromatic rings. The number of carbonyl (C=O) groups is 1. The van der Waals surface area contributed by atoms with E-state index in [1.165, 1.54) is 6.42 Å². The van der Waals surface area contributed by atoms with E-state index in [4.69, 9.17) is 5.73 Å². The highest BCUT2D eigenvalue weighted by atomic mass is 32.1. The highest BCUT2D eigenvalue weighted by Crippen LogP contribution is 2.31. The maximum Gasteiger partial charge on any atom is 0.244 e. The summed E-state index contributed by atoms with van der Waals surface area (Å²) < 4.78 is 1.07. The molecule has 4 nitrogen and oxygen atoms in total. The molecular weight excluding hydrogens is 270 g/mol. The summed E-state index contributed by atoms with van der Waals surface area (Å²) >= 11 is 1.57. The summed E-state index contributed by atoms with van der Waals surface area (Å²) in [6, 6.07) is 5.77. The summed E-state index contributed by atoms with van der Waals surface area (Å²) in [6.45, 7) is 2.16. The first-order chi connectivity index (χ1) is 9.57. The van der Waals surface area contributed by atoms with Gasteiger partial charge in [0.25, 0.3) is 0 Å². The van der Waals surface area contributed by atoms with E-state index in [9.17, 15) is 4.79 Å². The maximum atomic E-state index is 12.5. The van der Waals surface area contributed by atoms with Gasteiger partial charge in [-0.25, -0.2) is 4.98 Å². The van der Waals surface area contributed by atoms with Crippen LogP contribution in [0.2, 0.25) is 0 Å². The average molecular weight is 289 g/mol. The third-order valence-corrected chi connectivity index (χ3v) is 4.87. The van der Waals surface area contributed by atoms with Gasteiger partial charge < -0.3 is 11.1 Å². The van der Waals surface area contributed by atoms with Crippen LogP contribution in [-0.2, 0) is 4.79 Å². The van der Waals surface area contributed by atoms with Crippen LogP contribution in [-0.4, -0.2) is 16.4 Å². The van der Waals surface area contributed by atoms with Crippen LogP contribution in [0.25, 0.3) is 10.2 Å². The normalized spacial score (nSPS) is 26.6. The molecule has 0 radical (unpaired) electrons. The third-order valence-electron chi connectivity index (χ3n) is 4.07. The minimum Gasteiger partial charge on any atom is -0.324 e. The Bertz CT molecular complexity index is 639. The number of rotatable bonds is 2. The number of hydrogen-bond acceptors (Lipinski definition) is 4.